The Morgan fingerprint density at radius 2 is 1.90 bits per heavy atom. The molecular formula is C21H15FN2O6. The van der Waals surface area contributed by atoms with Gasteiger partial charge in [-0.3, -0.25) is 14.9 Å². The van der Waals surface area contributed by atoms with Crippen LogP contribution in [-0.2, 0) is 4.79 Å². The molecule has 4 aromatic rings. The third kappa shape index (κ3) is 3.60. The average molecular weight is 410 g/mol. The summed E-state index contributed by atoms with van der Waals surface area (Å²) >= 11 is 0. The van der Waals surface area contributed by atoms with Gasteiger partial charge in [0, 0.05) is 29.0 Å². The average Bonchev–Trinajstić information content (AvgIpc) is 3.08. The molecule has 30 heavy (non-hydrogen) atoms. The Morgan fingerprint density at radius 1 is 1.10 bits per heavy atom. The number of benzene rings is 3. The number of hydrogen-bond acceptors (Lipinski definition) is 6. The van der Waals surface area contributed by atoms with Gasteiger partial charge in [0.2, 0.25) is 5.75 Å². The van der Waals surface area contributed by atoms with Gasteiger partial charge in [0.1, 0.15) is 22.7 Å². The van der Waals surface area contributed by atoms with Gasteiger partial charge < -0.3 is 19.2 Å². The van der Waals surface area contributed by atoms with Crippen molar-refractivity contribution in [3.05, 3.63) is 70.5 Å². The van der Waals surface area contributed by atoms with E-state index in [-0.39, 0.29) is 5.75 Å². The molecule has 0 aliphatic rings. The Hall–Kier alpha value is -4.14. The summed E-state index contributed by atoms with van der Waals surface area (Å²) in [4.78, 5) is 22.7. The molecule has 0 unspecified atom stereocenters. The van der Waals surface area contributed by atoms with Crippen molar-refractivity contribution < 1.29 is 28.0 Å². The molecule has 1 heterocycles. The number of ether oxygens (including phenoxy) is 2. The van der Waals surface area contributed by atoms with E-state index < -0.39 is 28.9 Å². The highest BCUT2D eigenvalue weighted by atomic mass is 19.1. The molecule has 0 atom stereocenters. The Balaban J connectivity index is 1.57. The van der Waals surface area contributed by atoms with E-state index in [2.05, 4.69) is 5.32 Å². The molecule has 0 bridgehead atoms. The normalized spacial score (nSPS) is 10.9. The topological polar surface area (TPSA) is 104 Å². The number of hydrogen-bond donors (Lipinski definition) is 1. The minimum atomic E-state index is -0.717. The van der Waals surface area contributed by atoms with Gasteiger partial charge >= 0.3 is 5.69 Å². The number of para-hydroxylation sites is 1. The van der Waals surface area contributed by atoms with Gasteiger partial charge in [-0.1, -0.05) is 18.2 Å². The molecule has 1 N–H and O–H groups in total. The lowest BCUT2D eigenvalue weighted by Gasteiger charge is -2.11. The number of fused-ring (bicyclic) bond motifs is 3. The van der Waals surface area contributed by atoms with Gasteiger partial charge in [0.25, 0.3) is 5.91 Å². The maximum absolute atomic E-state index is 13.4. The smallest absolute Gasteiger partial charge is 0.311 e. The fourth-order valence-electron chi connectivity index (χ4n) is 3.10. The Kier molecular flexibility index (Phi) is 4.93. The van der Waals surface area contributed by atoms with Gasteiger partial charge in [0.15, 0.2) is 6.61 Å². The van der Waals surface area contributed by atoms with E-state index in [4.69, 9.17) is 13.9 Å². The van der Waals surface area contributed by atoms with Crippen molar-refractivity contribution in [3.63, 3.8) is 0 Å². The molecule has 4 rings (SSSR count). The first-order valence-corrected chi connectivity index (χ1v) is 8.82. The molecule has 152 valence electrons. The number of methoxy groups -OCH3 is 1. The van der Waals surface area contributed by atoms with Crippen LogP contribution >= 0.6 is 0 Å². The predicted octanol–water partition coefficient (Wildman–Crippen LogP) is 4.66. The quantitative estimate of drug-likeness (QED) is 0.366. The third-order valence-corrected chi connectivity index (χ3v) is 4.45. The highest BCUT2D eigenvalue weighted by molar-refractivity contribution is 6.07. The minimum Gasteiger partial charge on any atom is -0.495 e. The molecule has 0 fully saturated rings. The summed E-state index contributed by atoms with van der Waals surface area (Å²) < 4.78 is 29.7. The van der Waals surface area contributed by atoms with E-state index in [0.29, 0.717) is 22.6 Å². The number of carbonyl (C=O) groups is 1. The van der Waals surface area contributed by atoms with E-state index in [0.717, 1.165) is 29.0 Å². The van der Waals surface area contributed by atoms with Gasteiger partial charge in [-0.15, -0.1) is 0 Å². The Labute approximate surface area is 168 Å². The zero-order valence-corrected chi connectivity index (χ0v) is 15.7. The number of furan rings is 1. The van der Waals surface area contributed by atoms with Crippen LogP contribution in [0.1, 0.15) is 0 Å². The van der Waals surface area contributed by atoms with Gasteiger partial charge in [0.05, 0.1) is 17.7 Å². The number of amides is 1. The molecule has 3 aromatic carbocycles. The van der Waals surface area contributed by atoms with E-state index in [1.54, 1.807) is 12.1 Å². The fraction of sp³-hybridized carbons (Fsp3) is 0.0952. The first-order valence-electron chi connectivity index (χ1n) is 8.82. The second kappa shape index (κ2) is 7.70. The van der Waals surface area contributed by atoms with Crippen LogP contribution in [0.25, 0.3) is 21.9 Å². The van der Waals surface area contributed by atoms with Crippen LogP contribution in [-0.4, -0.2) is 24.5 Å². The molecule has 0 radical (unpaired) electrons. The molecule has 0 aliphatic carbocycles. The van der Waals surface area contributed by atoms with Crippen LogP contribution in [0, 0.1) is 15.9 Å². The highest BCUT2D eigenvalue weighted by Gasteiger charge is 2.18. The van der Waals surface area contributed by atoms with Crippen molar-refractivity contribution in [1.29, 1.82) is 0 Å². The summed E-state index contributed by atoms with van der Waals surface area (Å²) in [5.41, 5.74) is 1.14. The maximum atomic E-state index is 13.4. The van der Waals surface area contributed by atoms with E-state index >= 15 is 0 Å². The van der Waals surface area contributed by atoms with Crippen molar-refractivity contribution in [1.82, 2.24) is 0 Å². The number of nitrogens with one attached hydrogen (secondary N) is 1. The lowest BCUT2D eigenvalue weighted by atomic mass is 10.1. The third-order valence-electron chi connectivity index (χ3n) is 4.45. The number of nitro groups is 1. The zero-order valence-electron chi connectivity index (χ0n) is 15.7. The van der Waals surface area contributed by atoms with Crippen LogP contribution in [0.3, 0.4) is 0 Å². The zero-order chi connectivity index (χ0) is 21.3. The highest BCUT2D eigenvalue weighted by Crippen LogP contribution is 2.36. The molecule has 8 nitrogen and oxygen atoms in total. The summed E-state index contributed by atoms with van der Waals surface area (Å²) in [5, 5.41) is 15.4. The molecule has 0 saturated heterocycles. The first kappa shape index (κ1) is 19.2. The molecule has 0 saturated carbocycles. The molecular weight excluding hydrogens is 395 g/mol. The van der Waals surface area contributed by atoms with Crippen molar-refractivity contribution in [2.24, 2.45) is 0 Å². The van der Waals surface area contributed by atoms with Crippen LogP contribution in [0.2, 0.25) is 0 Å². The second-order valence-electron chi connectivity index (χ2n) is 6.35. The summed E-state index contributed by atoms with van der Waals surface area (Å²) in [7, 11) is 1.46. The number of halogens is 1. The van der Waals surface area contributed by atoms with E-state index in [1.807, 2.05) is 24.3 Å². The molecule has 9 heteroatoms. The van der Waals surface area contributed by atoms with Gasteiger partial charge in [-0.05, 0) is 18.2 Å². The number of nitro benzene ring substituents is 1. The largest absolute Gasteiger partial charge is 0.495 e. The Bertz CT molecular complexity index is 1280. The predicted molar refractivity (Wildman–Crippen MR) is 107 cm³/mol. The Morgan fingerprint density at radius 3 is 2.67 bits per heavy atom. The van der Waals surface area contributed by atoms with Crippen LogP contribution < -0.4 is 14.8 Å². The van der Waals surface area contributed by atoms with Crippen LogP contribution in [0.15, 0.2) is 59.0 Å². The van der Waals surface area contributed by atoms with Crippen molar-refractivity contribution in [2.75, 3.05) is 19.0 Å². The van der Waals surface area contributed by atoms with E-state index in [1.165, 1.54) is 7.11 Å². The van der Waals surface area contributed by atoms with E-state index in [9.17, 15) is 19.3 Å². The van der Waals surface area contributed by atoms with Gasteiger partial charge in [-0.2, -0.15) is 0 Å². The lowest BCUT2D eigenvalue weighted by Crippen LogP contribution is -2.20. The molecule has 0 spiro atoms. The number of anilines is 1. The molecule has 1 amide bonds. The standard InChI is InChI=1S/C21H15FN2O6/c1-28-19-9-14-13-4-2-3-5-17(13)30-18(14)10-15(19)23-21(25)11-29-20-8-12(22)6-7-16(20)24(26)27/h2-10H,11H2,1H3,(H,23,25). The summed E-state index contributed by atoms with van der Waals surface area (Å²) in [6.45, 7) is -0.564. The number of rotatable bonds is 6. The molecule has 0 aliphatic heterocycles. The SMILES string of the molecule is COc1cc2c(cc1NC(=O)COc1cc(F)ccc1[N+](=O)[O-])oc1ccccc12. The number of carbonyl (C=O) groups excluding carboxylic acids is 1. The summed E-state index contributed by atoms with van der Waals surface area (Å²) in [6.07, 6.45) is 0. The minimum absolute atomic E-state index is 0.338. The van der Waals surface area contributed by atoms with Crippen LogP contribution in [0.4, 0.5) is 15.8 Å². The van der Waals surface area contributed by atoms with Crippen LogP contribution in [0.5, 0.6) is 11.5 Å². The monoisotopic (exact) mass is 410 g/mol. The van der Waals surface area contributed by atoms with Crippen molar-refractivity contribution in [2.45, 2.75) is 0 Å². The van der Waals surface area contributed by atoms with Crippen molar-refractivity contribution >= 4 is 39.2 Å². The fourth-order valence-corrected chi connectivity index (χ4v) is 3.10. The lowest BCUT2D eigenvalue weighted by molar-refractivity contribution is -0.385. The molecule has 1 aromatic heterocycles. The second-order valence-corrected chi connectivity index (χ2v) is 6.35. The summed E-state index contributed by atoms with van der Waals surface area (Å²) in [5.74, 6) is -1.26. The van der Waals surface area contributed by atoms with Gasteiger partial charge in [-0.25, -0.2) is 4.39 Å². The summed E-state index contributed by atoms with van der Waals surface area (Å²) in [6, 6.07) is 13.6. The van der Waals surface area contributed by atoms with Crippen molar-refractivity contribution in [3.8, 4) is 11.5 Å². The first-order chi connectivity index (χ1) is 14.5. The maximum Gasteiger partial charge on any atom is 0.311 e. The number of nitrogens with zero attached hydrogens (tertiary/aromatic N) is 1.